The maximum absolute atomic E-state index is 13.4. The topological polar surface area (TPSA) is 104 Å². The number of amides is 1. The predicted molar refractivity (Wildman–Crippen MR) is 109 cm³/mol. The number of rotatable bonds is 3. The number of aromatic nitrogens is 3. The third-order valence-electron chi connectivity index (χ3n) is 5.49. The summed E-state index contributed by atoms with van der Waals surface area (Å²) >= 11 is 0. The Morgan fingerprint density at radius 3 is 2.73 bits per heavy atom. The molecule has 150 valence electrons. The summed E-state index contributed by atoms with van der Waals surface area (Å²) in [5.41, 5.74) is 8.97. The number of anilines is 3. The second kappa shape index (κ2) is 6.84. The molecule has 1 atom stereocenters. The van der Waals surface area contributed by atoms with Crippen molar-refractivity contribution >= 4 is 23.1 Å². The number of benzene rings is 1. The zero-order valence-corrected chi connectivity index (χ0v) is 16.0. The van der Waals surface area contributed by atoms with Crippen molar-refractivity contribution in [1.82, 2.24) is 14.8 Å². The van der Waals surface area contributed by atoms with E-state index in [0.717, 1.165) is 11.5 Å². The van der Waals surface area contributed by atoms with E-state index in [4.69, 9.17) is 5.73 Å². The molecule has 1 fully saturated rings. The lowest BCUT2D eigenvalue weighted by Gasteiger charge is -2.17. The standard InChI is InChI=1S/C21H18FN7O/c22-14-5-6-27(10-14)20-4-2-16(9-25-20)29-11-17-19(26-29)12-28(21(17)30)15-1-3-18(24)13(7-15)8-23/h1-4,7,9,11,14H,5-6,10,12,24H2/t14-/m1/s1. The van der Waals surface area contributed by atoms with Crippen molar-refractivity contribution < 1.29 is 9.18 Å². The van der Waals surface area contributed by atoms with E-state index in [-0.39, 0.29) is 5.91 Å². The van der Waals surface area contributed by atoms with Crippen LogP contribution in [0.15, 0.2) is 42.7 Å². The summed E-state index contributed by atoms with van der Waals surface area (Å²) in [5, 5.41) is 13.7. The summed E-state index contributed by atoms with van der Waals surface area (Å²) in [6.07, 6.45) is 3.08. The highest BCUT2D eigenvalue weighted by Crippen LogP contribution is 2.30. The van der Waals surface area contributed by atoms with Gasteiger partial charge in [-0.15, -0.1) is 0 Å². The van der Waals surface area contributed by atoms with Crippen LogP contribution >= 0.6 is 0 Å². The monoisotopic (exact) mass is 403 g/mol. The molecule has 0 radical (unpaired) electrons. The molecule has 0 saturated carbocycles. The van der Waals surface area contributed by atoms with Gasteiger partial charge in [-0.3, -0.25) is 4.79 Å². The number of nitrogens with two attached hydrogens (primary N) is 1. The number of alkyl halides is 1. The molecule has 1 aromatic carbocycles. The first-order chi connectivity index (χ1) is 14.5. The highest BCUT2D eigenvalue weighted by atomic mass is 19.1. The largest absolute Gasteiger partial charge is 0.398 e. The fraction of sp³-hybridized carbons (Fsp3) is 0.238. The van der Waals surface area contributed by atoms with Crippen LogP contribution in [0.1, 0.15) is 28.0 Å². The minimum Gasteiger partial charge on any atom is -0.398 e. The highest BCUT2D eigenvalue weighted by Gasteiger charge is 2.32. The maximum Gasteiger partial charge on any atom is 0.262 e. The normalized spacial score (nSPS) is 18.0. The van der Waals surface area contributed by atoms with E-state index in [1.807, 2.05) is 23.1 Å². The lowest BCUT2D eigenvalue weighted by Crippen LogP contribution is -2.24. The molecule has 0 bridgehead atoms. The summed E-state index contributed by atoms with van der Waals surface area (Å²) < 4.78 is 15.0. The van der Waals surface area contributed by atoms with E-state index in [1.54, 1.807) is 40.2 Å². The molecule has 30 heavy (non-hydrogen) atoms. The Balaban J connectivity index is 1.37. The van der Waals surface area contributed by atoms with Crippen molar-refractivity contribution in [3.05, 3.63) is 59.5 Å². The van der Waals surface area contributed by atoms with Crippen LogP contribution in [0.5, 0.6) is 0 Å². The molecular weight excluding hydrogens is 385 g/mol. The number of pyridine rings is 1. The summed E-state index contributed by atoms with van der Waals surface area (Å²) in [5.74, 6) is 0.554. The average molecular weight is 403 g/mol. The molecule has 1 saturated heterocycles. The van der Waals surface area contributed by atoms with Gasteiger partial charge in [0.1, 0.15) is 18.1 Å². The molecule has 8 nitrogen and oxygen atoms in total. The molecule has 0 unspecified atom stereocenters. The fourth-order valence-electron chi connectivity index (χ4n) is 3.85. The van der Waals surface area contributed by atoms with Gasteiger partial charge in [-0.2, -0.15) is 10.4 Å². The van der Waals surface area contributed by atoms with Crippen LogP contribution in [0.4, 0.5) is 21.6 Å². The van der Waals surface area contributed by atoms with Crippen molar-refractivity contribution in [2.24, 2.45) is 0 Å². The number of nitrogens with zero attached hydrogens (tertiary/aromatic N) is 6. The SMILES string of the molecule is N#Cc1cc(N2Cc3nn(-c4ccc(N5CC[C@@H](F)C5)nc4)cc3C2=O)ccc1N. The average Bonchev–Trinajstić information content (AvgIpc) is 3.45. The Morgan fingerprint density at radius 1 is 1.23 bits per heavy atom. The molecule has 3 aromatic rings. The second-order valence-corrected chi connectivity index (χ2v) is 7.42. The van der Waals surface area contributed by atoms with Crippen LogP contribution in [0.2, 0.25) is 0 Å². The smallest absolute Gasteiger partial charge is 0.262 e. The Bertz CT molecular complexity index is 1180. The molecule has 9 heteroatoms. The Labute approximate surface area is 171 Å². The van der Waals surface area contributed by atoms with Crippen LogP contribution in [0.3, 0.4) is 0 Å². The second-order valence-electron chi connectivity index (χ2n) is 7.42. The van der Waals surface area contributed by atoms with Gasteiger partial charge in [0.15, 0.2) is 0 Å². The summed E-state index contributed by atoms with van der Waals surface area (Å²) in [6, 6.07) is 10.7. The number of halogens is 1. The minimum atomic E-state index is -0.806. The molecule has 2 aromatic heterocycles. The van der Waals surface area contributed by atoms with Crippen LogP contribution < -0.4 is 15.5 Å². The van der Waals surface area contributed by atoms with E-state index < -0.39 is 6.17 Å². The summed E-state index contributed by atoms with van der Waals surface area (Å²) in [6.45, 7) is 1.34. The number of carbonyl (C=O) groups is 1. The van der Waals surface area contributed by atoms with Crippen LogP contribution in [-0.4, -0.2) is 39.9 Å². The third-order valence-corrected chi connectivity index (χ3v) is 5.49. The number of carbonyl (C=O) groups excluding carboxylic acids is 1. The zero-order chi connectivity index (χ0) is 20.8. The van der Waals surface area contributed by atoms with Gasteiger partial charge in [0.05, 0.1) is 41.8 Å². The van der Waals surface area contributed by atoms with Gasteiger partial charge in [-0.1, -0.05) is 0 Å². The van der Waals surface area contributed by atoms with Crippen molar-refractivity contribution in [3.63, 3.8) is 0 Å². The van der Waals surface area contributed by atoms with Gasteiger partial charge >= 0.3 is 0 Å². The van der Waals surface area contributed by atoms with E-state index in [0.29, 0.717) is 54.3 Å². The van der Waals surface area contributed by atoms with Crippen LogP contribution in [-0.2, 0) is 6.54 Å². The van der Waals surface area contributed by atoms with Crippen molar-refractivity contribution in [2.45, 2.75) is 19.1 Å². The molecule has 1 amide bonds. The van der Waals surface area contributed by atoms with Crippen LogP contribution in [0.25, 0.3) is 5.69 Å². The quantitative estimate of drug-likeness (QED) is 0.674. The number of nitriles is 1. The first kappa shape index (κ1) is 18.1. The fourth-order valence-corrected chi connectivity index (χ4v) is 3.85. The Kier molecular flexibility index (Phi) is 4.13. The minimum absolute atomic E-state index is 0.180. The number of hydrogen-bond donors (Lipinski definition) is 1. The molecule has 5 rings (SSSR count). The first-order valence-corrected chi connectivity index (χ1v) is 9.59. The van der Waals surface area contributed by atoms with E-state index in [2.05, 4.69) is 10.1 Å². The third kappa shape index (κ3) is 2.93. The van der Waals surface area contributed by atoms with Crippen molar-refractivity contribution in [3.8, 4) is 11.8 Å². The van der Waals surface area contributed by atoms with Crippen molar-refractivity contribution in [2.75, 3.05) is 28.6 Å². The Morgan fingerprint density at radius 2 is 2.07 bits per heavy atom. The number of hydrogen-bond acceptors (Lipinski definition) is 6. The van der Waals surface area contributed by atoms with Gasteiger partial charge < -0.3 is 15.5 Å². The van der Waals surface area contributed by atoms with E-state index >= 15 is 0 Å². The Hall–Kier alpha value is -3.93. The molecule has 0 aliphatic carbocycles. The zero-order valence-electron chi connectivity index (χ0n) is 16.0. The lowest BCUT2D eigenvalue weighted by atomic mass is 10.1. The van der Waals surface area contributed by atoms with Gasteiger partial charge in [0, 0.05) is 24.1 Å². The van der Waals surface area contributed by atoms with Crippen molar-refractivity contribution in [1.29, 1.82) is 5.26 Å². The molecule has 4 heterocycles. The molecule has 2 aliphatic rings. The van der Waals surface area contributed by atoms with Gasteiger partial charge in [0.25, 0.3) is 5.91 Å². The molecule has 2 aliphatic heterocycles. The predicted octanol–water partition coefficient (Wildman–Crippen LogP) is 2.43. The number of fused-ring (bicyclic) bond motifs is 1. The molecular formula is C21H18FN7O. The maximum atomic E-state index is 13.4. The van der Waals surface area contributed by atoms with Gasteiger partial charge in [-0.25, -0.2) is 14.1 Å². The lowest BCUT2D eigenvalue weighted by molar-refractivity contribution is 0.0996. The molecule has 2 N–H and O–H groups in total. The van der Waals surface area contributed by atoms with E-state index in [1.165, 1.54) is 0 Å². The highest BCUT2D eigenvalue weighted by molar-refractivity contribution is 6.09. The van der Waals surface area contributed by atoms with Gasteiger partial charge in [0.2, 0.25) is 0 Å². The summed E-state index contributed by atoms with van der Waals surface area (Å²) in [4.78, 5) is 20.8. The van der Waals surface area contributed by atoms with Crippen LogP contribution in [0, 0.1) is 11.3 Å². The first-order valence-electron chi connectivity index (χ1n) is 9.59. The van der Waals surface area contributed by atoms with Gasteiger partial charge in [-0.05, 0) is 36.8 Å². The summed E-state index contributed by atoms with van der Waals surface area (Å²) in [7, 11) is 0. The van der Waals surface area contributed by atoms with E-state index in [9.17, 15) is 14.4 Å². The number of nitrogen functional groups attached to an aromatic ring is 1. The molecule has 0 spiro atoms.